The van der Waals surface area contributed by atoms with E-state index in [0.717, 1.165) is 10.5 Å². The van der Waals surface area contributed by atoms with E-state index in [4.69, 9.17) is 28.4 Å². The van der Waals surface area contributed by atoms with Gasteiger partial charge in [0.25, 0.3) is 5.91 Å². The largest absolute Gasteiger partial charge is 0.530 e. The second kappa shape index (κ2) is 15.6. The zero-order chi connectivity index (χ0) is 38.0. The highest BCUT2D eigenvalue weighted by molar-refractivity contribution is 7.89. The van der Waals surface area contributed by atoms with Crippen molar-refractivity contribution < 1.29 is 56.6 Å². The van der Waals surface area contributed by atoms with Crippen molar-refractivity contribution in [3.05, 3.63) is 77.9 Å². The lowest BCUT2D eigenvalue weighted by Gasteiger charge is -2.43. The molecule has 0 aliphatic carbocycles. The van der Waals surface area contributed by atoms with Gasteiger partial charge in [0.15, 0.2) is 29.3 Å². The lowest BCUT2D eigenvalue weighted by Crippen LogP contribution is -2.61. The van der Waals surface area contributed by atoms with Gasteiger partial charge in [0.05, 0.1) is 36.3 Å². The van der Waals surface area contributed by atoms with Gasteiger partial charge in [-0.05, 0) is 60.6 Å². The fourth-order valence-electron chi connectivity index (χ4n) is 7.50. The molecule has 4 aliphatic rings. The van der Waals surface area contributed by atoms with E-state index in [-0.39, 0.29) is 62.2 Å². The highest BCUT2D eigenvalue weighted by atomic mass is 32.2. The highest BCUT2D eigenvalue weighted by Crippen LogP contribution is 2.38. The topological polar surface area (TPSA) is 185 Å². The molecule has 2 saturated heterocycles. The lowest BCUT2D eigenvalue weighted by atomic mass is 9.89. The Balaban J connectivity index is 1.14. The van der Waals surface area contributed by atoms with E-state index in [2.05, 4.69) is 5.32 Å². The van der Waals surface area contributed by atoms with Crippen molar-refractivity contribution in [2.45, 2.75) is 62.5 Å². The lowest BCUT2D eigenvalue weighted by molar-refractivity contribution is -0.273. The van der Waals surface area contributed by atoms with Gasteiger partial charge < -0.3 is 53.6 Å². The summed E-state index contributed by atoms with van der Waals surface area (Å²) in [6.07, 6.45) is -2.57. The number of fused-ring (bicyclic) bond motifs is 3. The van der Waals surface area contributed by atoms with Gasteiger partial charge >= 0.3 is 0 Å². The van der Waals surface area contributed by atoms with E-state index in [1.807, 2.05) is 44.2 Å². The van der Waals surface area contributed by atoms with Gasteiger partial charge in [0.2, 0.25) is 23.6 Å². The van der Waals surface area contributed by atoms with E-state index >= 15 is 0 Å². The number of hydrogen-bond donors (Lipinski definition) is 2. The van der Waals surface area contributed by atoms with Crippen LogP contribution in [-0.2, 0) is 25.9 Å². The van der Waals surface area contributed by atoms with E-state index in [1.165, 1.54) is 22.5 Å². The minimum Gasteiger partial charge on any atom is -0.530 e. The number of carboxylic acid groups (broad SMARTS) is 1. The molecule has 15 nitrogen and oxygen atoms in total. The second-order valence-electron chi connectivity index (χ2n) is 14.6. The predicted molar refractivity (Wildman–Crippen MR) is 189 cm³/mol. The first-order valence-electron chi connectivity index (χ1n) is 17.9. The summed E-state index contributed by atoms with van der Waals surface area (Å²) < 4.78 is 63.3. The Labute approximate surface area is 313 Å². The number of carbonyl (C=O) groups excluding carboxylic acids is 2. The van der Waals surface area contributed by atoms with Gasteiger partial charge in [0.1, 0.15) is 6.09 Å². The minimum absolute atomic E-state index is 0.0472. The molecule has 0 aromatic heterocycles. The molecule has 3 aromatic carbocycles. The molecule has 0 saturated carbocycles. The van der Waals surface area contributed by atoms with Crippen molar-refractivity contribution in [1.29, 1.82) is 0 Å². The molecule has 16 heteroatoms. The monoisotopic (exact) mass is 766 g/mol. The van der Waals surface area contributed by atoms with Gasteiger partial charge in [-0.15, -0.1) is 0 Å². The average Bonchev–Trinajstić information content (AvgIpc) is 3.97. The predicted octanol–water partition coefficient (Wildman–Crippen LogP) is 2.36. The zero-order valence-corrected chi connectivity index (χ0v) is 30.9. The third kappa shape index (κ3) is 8.07. The number of benzene rings is 3. The maximum absolute atomic E-state index is 14.5. The first-order valence-corrected chi connectivity index (χ1v) is 19.4. The van der Waals surface area contributed by atoms with Gasteiger partial charge in [-0.2, -0.15) is 4.31 Å². The molecular formula is C38H44N3O12S-. The van der Waals surface area contributed by atoms with Crippen LogP contribution < -0.4 is 29.4 Å². The van der Waals surface area contributed by atoms with Crippen LogP contribution in [0.3, 0.4) is 0 Å². The number of aliphatic hydroxyl groups is 1. The summed E-state index contributed by atoms with van der Waals surface area (Å²) in [4.78, 5) is 27.0. The van der Waals surface area contributed by atoms with Crippen molar-refractivity contribution in [3.63, 3.8) is 0 Å². The third-order valence-corrected chi connectivity index (χ3v) is 12.2. The highest BCUT2D eigenvalue weighted by Gasteiger charge is 2.47. The molecular weight excluding hydrogens is 722 g/mol. The number of sulfonamides is 1. The summed E-state index contributed by atoms with van der Waals surface area (Å²) >= 11 is 0. The Kier molecular flexibility index (Phi) is 10.9. The second-order valence-corrected chi connectivity index (χ2v) is 16.6. The van der Waals surface area contributed by atoms with Crippen LogP contribution in [0.5, 0.6) is 23.0 Å². The molecule has 3 aromatic rings. The van der Waals surface area contributed by atoms with Gasteiger partial charge in [-0.1, -0.05) is 44.2 Å². The molecule has 5 atom stereocenters. The quantitative estimate of drug-likeness (QED) is 0.231. The van der Waals surface area contributed by atoms with Gasteiger partial charge in [-0.25, -0.2) is 8.42 Å². The van der Waals surface area contributed by atoms with Crippen molar-refractivity contribution in [1.82, 2.24) is 14.5 Å². The molecule has 2 fully saturated rings. The van der Waals surface area contributed by atoms with Crippen LogP contribution in [0.25, 0.3) is 0 Å². The number of aliphatic hydroxyl groups excluding tert-OH is 1. The summed E-state index contributed by atoms with van der Waals surface area (Å²) in [6, 6.07) is 16.5. The van der Waals surface area contributed by atoms with Crippen LogP contribution in [0.2, 0.25) is 0 Å². The Bertz CT molecular complexity index is 1940. The van der Waals surface area contributed by atoms with E-state index < -0.39 is 52.6 Å². The number of carbonyl (C=O) groups is 2. The van der Waals surface area contributed by atoms with Crippen LogP contribution in [-0.4, -0.2) is 106 Å². The Morgan fingerprint density at radius 2 is 1.63 bits per heavy atom. The summed E-state index contributed by atoms with van der Waals surface area (Å²) in [7, 11) is -4.33. The standard InChI is InChI=1S/C38H45N3O12S/c1-38(2,13-14-39-35(43)25-8-10-31-33(17-25)52-22-50-31)21-40(54(46,47)26-9-11-32-34(18-26)53-23-51-32)19-30(42)28(16-24-6-4-3-5-7-24)41(37(44)45)29-20-49-36-27(29)12-15-48-36/h3-11,17-18,27-30,36,42H,12-16,19-23H2,1-2H3,(H,39,43)(H,44,45)/p-1/t27-,28-,29-,30+,36+/m0/s1. The Morgan fingerprint density at radius 3 is 2.35 bits per heavy atom. The first-order chi connectivity index (χ1) is 25.9. The molecule has 2 N–H and O–H groups in total. The summed E-state index contributed by atoms with van der Waals surface area (Å²) in [5, 5.41) is 28.0. The summed E-state index contributed by atoms with van der Waals surface area (Å²) in [5.74, 6) is 1.10. The molecule has 4 heterocycles. The van der Waals surface area contributed by atoms with Crippen LogP contribution in [0.4, 0.5) is 4.79 Å². The maximum atomic E-state index is 14.5. The van der Waals surface area contributed by atoms with E-state index in [0.29, 0.717) is 42.3 Å². The smallest absolute Gasteiger partial charge is 0.251 e. The Hall–Kier alpha value is -4.61. The Morgan fingerprint density at radius 1 is 0.944 bits per heavy atom. The SMILES string of the molecule is CC(C)(CCNC(=O)c1ccc2c(c1)OCO2)CN(C[C@@H](O)[C@H](Cc1ccccc1)N(C(=O)[O-])[C@H]1CO[C@H]2OCC[C@H]21)S(=O)(=O)c1ccc2c(c1)OCO2. The van der Waals surface area contributed by atoms with Crippen molar-refractivity contribution in [2.75, 3.05) is 46.4 Å². The first kappa shape index (κ1) is 37.7. The fourth-order valence-corrected chi connectivity index (χ4v) is 9.16. The van der Waals surface area contributed by atoms with Gasteiger partial charge in [0, 0.05) is 37.2 Å². The normalized spacial score (nSPS) is 21.1. The van der Waals surface area contributed by atoms with Gasteiger partial charge in [-0.3, -0.25) is 4.79 Å². The molecule has 54 heavy (non-hydrogen) atoms. The summed E-state index contributed by atoms with van der Waals surface area (Å²) in [6.45, 7) is 3.87. The van der Waals surface area contributed by atoms with Crippen molar-refractivity contribution in [3.8, 4) is 23.0 Å². The van der Waals surface area contributed by atoms with Crippen LogP contribution in [0.1, 0.15) is 42.6 Å². The molecule has 290 valence electrons. The summed E-state index contributed by atoms with van der Waals surface area (Å²) in [5.41, 5.74) is 0.383. The molecule has 0 spiro atoms. The van der Waals surface area contributed by atoms with Crippen molar-refractivity contribution >= 4 is 22.0 Å². The number of rotatable bonds is 15. The van der Waals surface area contributed by atoms with E-state index in [9.17, 15) is 28.2 Å². The number of hydrogen-bond acceptors (Lipinski definition) is 12. The molecule has 2 amide bonds. The molecule has 7 rings (SSSR count). The molecule has 0 bridgehead atoms. The average molecular weight is 767 g/mol. The third-order valence-electron chi connectivity index (χ3n) is 10.4. The molecule has 0 unspecified atom stereocenters. The van der Waals surface area contributed by atoms with Crippen molar-refractivity contribution in [2.24, 2.45) is 11.3 Å². The number of nitrogens with zero attached hydrogens (tertiary/aromatic N) is 2. The maximum Gasteiger partial charge on any atom is 0.251 e. The number of amides is 2. The van der Waals surface area contributed by atoms with E-state index in [1.54, 1.807) is 18.2 Å². The number of ether oxygens (including phenoxy) is 6. The minimum atomic E-state index is -4.33. The molecule has 0 radical (unpaired) electrons. The zero-order valence-electron chi connectivity index (χ0n) is 30.0. The number of nitrogens with one attached hydrogen (secondary N) is 1. The van der Waals surface area contributed by atoms with Crippen LogP contribution >= 0.6 is 0 Å². The fraction of sp³-hybridized carbons (Fsp3) is 0.474. The van der Waals surface area contributed by atoms with Crippen LogP contribution in [0, 0.1) is 11.3 Å². The van der Waals surface area contributed by atoms with Crippen LogP contribution in [0.15, 0.2) is 71.6 Å². The molecule has 4 aliphatic heterocycles.